The van der Waals surface area contributed by atoms with Crippen LogP contribution in [-0.2, 0) is 14.3 Å². The van der Waals surface area contributed by atoms with Crippen molar-refractivity contribution in [2.45, 2.75) is 27.7 Å². The number of aryl methyl sites for hydroxylation is 1. The summed E-state index contributed by atoms with van der Waals surface area (Å²) in [6, 6.07) is 0. The van der Waals surface area contributed by atoms with Gasteiger partial charge in [-0.15, -0.1) is 0 Å². The maximum Gasteiger partial charge on any atom is 0.351 e. The van der Waals surface area contributed by atoms with Gasteiger partial charge in [0, 0.05) is 11.3 Å². The minimum Gasteiger partial charge on any atom is -0.491 e. The van der Waals surface area contributed by atoms with E-state index >= 15 is 0 Å². The molecule has 0 unspecified atom stereocenters. The van der Waals surface area contributed by atoms with Crippen molar-refractivity contribution < 1.29 is 19.1 Å². The number of aromatic amines is 1. The molecule has 1 heterocycles. The third kappa shape index (κ3) is 2.63. The molecule has 5 heteroatoms. The van der Waals surface area contributed by atoms with Gasteiger partial charge in [0.25, 0.3) is 0 Å². The molecule has 5 nitrogen and oxygen atoms in total. The van der Waals surface area contributed by atoms with E-state index in [0.717, 1.165) is 11.3 Å². The van der Waals surface area contributed by atoms with Crippen LogP contribution in [-0.4, -0.2) is 30.1 Å². The summed E-state index contributed by atoms with van der Waals surface area (Å²) < 4.78 is 10.3. The van der Waals surface area contributed by atoms with Crippen LogP contribution in [0.3, 0.4) is 0 Å². The Bertz CT molecular complexity index is 495. The van der Waals surface area contributed by atoms with Gasteiger partial charge < -0.3 is 14.5 Å². The van der Waals surface area contributed by atoms with Crippen LogP contribution in [0, 0.1) is 13.8 Å². The van der Waals surface area contributed by atoms with Crippen LogP contribution < -0.4 is 4.74 Å². The largest absolute Gasteiger partial charge is 0.491 e. The summed E-state index contributed by atoms with van der Waals surface area (Å²) in [5, 5.41) is 0. The lowest BCUT2D eigenvalue weighted by atomic mass is 10.1. The highest BCUT2D eigenvalue weighted by Crippen LogP contribution is 2.31. The Morgan fingerprint density at radius 3 is 2.44 bits per heavy atom. The minimum atomic E-state index is -0.699. The maximum atomic E-state index is 11.7. The summed E-state index contributed by atoms with van der Waals surface area (Å²) in [7, 11) is 0. The summed E-state index contributed by atoms with van der Waals surface area (Å²) in [5.74, 6) is 1.43. The standard InChI is InChI=1S/C13H17NO4/c1-5-17-12-8(3)9(4)14-11(12)10(7-15)13(16)18-6-2/h14H,5-6H2,1-4H3. The van der Waals surface area contributed by atoms with Crippen molar-refractivity contribution in [3.05, 3.63) is 17.0 Å². The highest BCUT2D eigenvalue weighted by molar-refractivity contribution is 6.25. The van der Waals surface area contributed by atoms with Crippen molar-refractivity contribution in [1.82, 2.24) is 4.98 Å². The average Bonchev–Trinajstić information content (AvgIpc) is 2.59. The molecule has 0 fully saturated rings. The first-order chi connectivity index (χ1) is 8.56. The monoisotopic (exact) mass is 251 g/mol. The normalized spacial score (nSPS) is 9.78. The first-order valence-electron chi connectivity index (χ1n) is 5.81. The van der Waals surface area contributed by atoms with E-state index in [1.54, 1.807) is 12.9 Å². The smallest absolute Gasteiger partial charge is 0.351 e. The van der Waals surface area contributed by atoms with Crippen LogP contribution in [0.1, 0.15) is 30.8 Å². The molecule has 98 valence electrons. The zero-order valence-electron chi connectivity index (χ0n) is 11.0. The van der Waals surface area contributed by atoms with Crippen molar-refractivity contribution in [3.8, 4) is 5.75 Å². The number of nitrogens with one attached hydrogen (secondary N) is 1. The van der Waals surface area contributed by atoms with E-state index in [9.17, 15) is 9.59 Å². The number of hydrogen-bond donors (Lipinski definition) is 1. The molecule has 18 heavy (non-hydrogen) atoms. The average molecular weight is 251 g/mol. The number of rotatable bonds is 5. The Labute approximate surface area is 106 Å². The Balaban J connectivity index is 3.26. The summed E-state index contributed by atoms with van der Waals surface area (Å²) in [5.41, 5.74) is 1.87. The zero-order chi connectivity index (χ0) is 13.7. The molecular formula is C13H17NO4. The van der Waals surface area contributed by atoms with E-state index in [1.807, 2.05) is 20.8 Å². The number of hydrogen-bond acceptors (Lipinski definition) is 4. The molecule has 0 spiro atoms. The van der Waals surface area contributed by atoms with Gasteiger partial charge in [0.05, 0.1) is 13.2 Å². The van der Waals surface area contributed by atoms with Crippen LogP contribution in [0.2, 0.25) is 0 Å². The Kier molecular flexibility index (Phi) is 4.75. The van der Waals surface area contributed by atoms with Gasteiger partial charge in [-0.3, -0.25) is 0 Å². The van der Waals surface area contributed by atoms with Gasteiger partial charge in [-0.1, -0.05) is 0 Å². The van der Waals surface area contributed by atoms with E-state index in [0.29, 0.717) is 18.1 Å². The van der Waals surface area contributed by atoms with Crippen molar-refractivity contribution >= 4 is 17.5 Å². The first-order valence-corrected chi connectivity index (χ1v) is 5.81. The van der Waals surface area contributed by atoms with Crippen LogP contribution >= 0.6 is 0 Å². The second-order valence-electron chi connectivity index (χ2n) is 3.71. The van der Waals surface area contributed by atoms with Gasteiger partial charge in [-0.2, -0.15) is 0 Å². The van der Waals surface area contributed by atoms with Crippen LogP contribution in [0.5, 0.6) is 5.75 Å². The summed E-state index contributed by atoms with van der Waals surface area (Å²) >= 11 is 0. The lowest BCUT2D eigenvalue weighted by molar-refractivity contribution is -0.136. The molecule has 0 bridgehead atoms. The highest BCUT2D eigenvalue weighted by Gasteiger charge is 2.23. The minimum absolute atomic E-state index is 0.170. The molecule has 0 radical (unpaired) electrons. The third-order valence-corrected chi connectivity index (χ3v) is 2.56. The van der Waals surface area contributed by atoms with Crippen molar-refractivity contribution in [2.24, 2.45) is 0 Å². The quantitative estimate of drug-likeness (QED) is 0.492. The fourth-order valence-corrected chi connectivity index (χ4v) is 1.59. The lowest BCUT2D eigenvalue weighted by Crippen LogP contribution is -2.09. The summed E-state index contributed by atoms with van der Waals surface area (Å²) in [4.78, 5) is 25.6. The molecule has 1 aromatic rings. The molecule has 0 atom stereocenters. The zero-order valence-corrected chi connectivity index (χ0v) is 11.0. The van der Waals surface area contributed by atoms with Gasteiger partial charge in [0.1, 0.15) is 17.4 Å². The van der Waals surface area contributed by atoms with Crippen molar-refractivity contribution in [3.63, 3.8) is 0 Å². The SMILES string of the molecule is CCOC(=O)C(=C=O)c1[nH]c(C)c(C)c1OCC. The second kappa shape index (κ2) is 6.07. The van der Waals surface area contributed by atoms with Crippen molar-refractivity contribution in [2.75, 3.05) is 13.2 Å². The van der Waals surface area contributed by atoms with Crippen LogP contribution in [0.15, 0.2) is 0 Å². The highest BCUT2D eigenvalue weighted by atomic mass is 16.5. The number of esters is 1. The number of aromatic nitrogens is 1. The molecule has 1 aromatic heterocycles. The summed E-state index contributed by atoms with van der Waals surface area (Å²) in [6.07, 6.45) is 0. The number of carbonyl (C=O) groups excluding carboxylic acids is 2. The van der Waals surface area contributed by atoms with E-state index in [2.05, 4.69) is 4.98 Å². The topological polar surface area (TPSA) is 68.4 Å². The molecule has 0 saturated heterocycles. The summed E-state index contributed by atoms with van der Waals surface area (Å²) in [6.45, 7) is 7.85. The molecule has 0 aliphatic rings. The van der Waals surface area contributed by atoms with Gasteiger partial charge >= 0.3 is 5.97 Å². The molecule has 0 aliphatic carbocycles. The van der Waals surface area contributed by atoms with Crippen molar-refractivity contribution in [1.29, 1.82) is 0 Å². The number of carbonyl (C=O) groups is 1. The first kappa shape index (κ1) is 14.1. The fraction of sp³-hybridized carbons (Fsp3) is 0.462. The molecule has 0 amide bonds. The van der Waals surface area contributed by atoms with Gasteiger partial charge in [0.15, 0.2) is 5.57 Å². The molecule has 0 aromatic carbocycles. The van der Waals surface area contributed by atoms with Gasteiger partial charge in [-0.25, -0.2) is 9.59 Å². The molecular weight excluding hydrogens is 234 g/mol. The van der Waals surface area contributed by atoms with E-state index < -0.39 is 5.97 Å². The van der Waals surface area contributed by atoms with E-state index in [1.165, 1.54) is 0 Å². The molecule has 0 aliphatic heterocycles. The fourth-order valence-electron chi connectivity index (χ4n) is 1.59. The lowest BCUT2D eigenvalue weighted by Gasteiger charge is -2.06. The number of H-pyrrole nitrogens is 1. The Hall–Kier alpha value is -2.00. The number of ether oxygens (including phenoxy) is 2. The predicted octanol–water partition coefficient (Wildman–Crippen LogP) is 1.81. The van der Waals surface area contributed by atoms with Gasteiger partial charge in [0.2, 0.25) is 0 Å². The van der Waals surface area contributed by atoms with Crippen LogP contribution in [0.25, 0.3) is 5.57 Å². The van der Waals surface area contributed by atoms with E-state index in [4.69, 9.17) is 9.47 Å². The Morgan fingerprint density at radius 1 is 1.28 bits per heavy atom. The molecule has 0 saturated carbocycles. The second-order valence-corrected chi connectivity index (χ2v) is 3.71. The third-order valence-electron chi connectivity index (χ3n) is 2.56. The van der Waals surface area contributed by atoms with E-state index in [-0.39, 0.29) is 12.2 Å². The van der Waals surface area contributed by atoms with Gasteiger partial charge in [-0.05, 0) is 27.7 Å². The maximum absolute atomic E-state index is 11.7. The molecule has 1 N–H and O–H groups in total. The Morgan fingerprint density at radius 2 is 1.94 bits per heavy atom. The van der Waals surface area contributed by atoms with Crippen LogP contribution in [0.4, 0.5) is 0 Å². The predicted molar refractivity (Wildman–Crippen MR) is 67.2 cm³/mol. The molecule has 1 rings (SSSR count).